The smallest absolute Gasteiger partial charge is 0.387 e. The highest BCUT2D eigenvalue weighted by atomic mass is 35.5. The highest BCUT2D eigenvalue weighted by Crippen LogP contribution is 2.27. The zero-order chi connectivity index (χ0) is 13.7. The molecule has 0 unspecified atom stereocenters. The highest BCUT2D eigenvalue weighted by Gasteiger charge is 2.17. The number of carbonyl (C=O) groups excluding carboxylic acids is 1. The summed E-state index contributed by atoms with van der Waals surface area (Å²) < 4.78 is 41.5. The number of nitrogens with one attached hydrogen (secondary N) is 1. The van der Waals surface area contributed by atoms with Crippen molar-refractivity contribution in [3.05, 3.63) is 29.6 Å². The van der Waals surface area contributed by atoms with Gasteiger partial charge in [0.25, 0.3) is 0 Å². The minimum absolute atomic E-state index is 0.246. The summed E-state index contributed by atoms with van der Waals surface area (Å²) in [6.45, 7) is -1.52. The first kappa shape index (κ1) is 14.6. The summed E-state index contributed by atoms with van der Waals surface area (Å²) in [6.07, 6.45) is 0. The van der Waals surface area contributed by atoms with Gasteiger partial charge in [0.05, 0.1) is 6.04 Å². The van der Waals surface area contributed by atoms with Gasteiger partial charge in [0.2, 0.25) is 5.91 Å². The van der Waals surface area contributed by atoms with Crippen molar-refractivity contribution in [2.75, 3.05) is 5.88 Å². The largest absolute Gasteiger partial charge is 0.434 e. The SMILES string of the molecule is C[C@H](NC(=O)CCl)c1ccc(F)cc1OC(F)F. The van der Waals surface area contributed by atoms with E-state index < -0.39 is 24.4 Å². The Labute approximate surface area is 107 Å². The Kier molecular flexibility index (Phi) is 5.27. The van der Waals surface area contributed by atoms with E-state index >= 15 is 0 Å². The Balaban J connectivity index is 2.95. The summed E-state index contributed by atoms with van der Waals surface area (Å²) in [6, 6.07) is 2.58. The third-order valence-corrected chi connectivity index (χ3v) is 2.40. The topological polar surface area (TPSA) is 38.3 Å². The predicted molar refractivity (Wildman–Crippen MR) is 60.3 cm³/mol. The van der Waals surface area contributed by atoms with Crippen LogP contribution in [-0.2, 0) is 4.79 Å². The first-order chi connectivity index (χ1) is 8.43. The standard InChI is InChI=1S/C11H11ClF3NO2/c1-6(16-10(17)5-12)8-3-2-7(13)4-9(8)18-11(14)15/h2-4,6,11H,5H2,1H3,(H,16,17)/t6-/m0/s1. The van der Waals surface area contributed by atoms with Crippen LogP contribution in [0.3, 0.4) is 0 Å². The summed E-state index contributed by atoms with van der Waals surface area (Å²) >= 11 is 5.31. The van der Waals surface area contributed by atoms with Gasteiger partial charge in [-0.3, -0.25) is 4.79 Å². The second-order valence-corrected chi connectivity index (χ2v) is 3.75. The average Bonchev–Trinajstić information content (AvgIpc) is 2.27. The molecule has 18 heavy (non-hydrogen) atoms. The molecule has 1 N–H and O–H groups in total. The van der Waals surface area contributed by atoms with Crippen molar-refractivity contribution in [3.63, 3.8) is 0 Å². The quantitative estimate of drug-likeness (QED) is 0.843. The molecule has 1 atom stereocenters. The lowest BCUT2D eigenvalue weighted by molar-refractivity contribution is -0.119. The molecular weight excluding hydrogens is 271 g/mol. The van der Waals surface area contributed by atoms with Gasteiger partial charge in [0, 0.05) is 11.6 Å². The van der Waals surface area contributed by atoms with Crippen molar-refractivity contribution in [2.24, 2.45) is 0 Å². The van der Waals surface area contributed by atoms with Gasteiger partial charge in [-0.05, 0) is 13.0 Å². The first-order valence-corrected chi connectivity index (χ1v) is 5.57. The van der Waals surface area contributed by atoms with E-state index in [4.69, 9.17) is 11.6 Å². The summed E-state index contributed by atoms with van der Waals surface area (Å²) in [5, 5.41) is 2.46. The van der Waals surface area contributed by atoms with Gasteiger partial charge >= 0.3 is 6.61 Å². The Morgan fingerprint density at radius 2 is 2.17 bits per heavy atom. The maximum Gasteiger partial charge on any atom is 0.387 e. The van der Waals surface area contributed by atoms with Crippen molar-refractivity contribution in [2.45, 2.75) is 19.6 Å². The number of amides is 1. The number of hydrogen-bond acceptors (Lipinski definition) is 2. The molecule has 0 heterocycles. The molecule has 0 spiro atoms. The molecule has 100 valence electrons. The molecule has 0 fully saturated rings. The zero-order valence-electron chi connectivity index (χ0n) is 9.42. The summed E-state index contributed by atoms with van der Waals surface area (Å²) in [4.78, 5) is 11.1. The van der Waals surface area contributed by atoms with E-state index in [0.29, 0.717) is 0 Å². The molecule has 1 aromatic rings. The second kappa shape index (κ2) is 6.49. The fourth-order valence-corrected chi connectivity index (χ4v) is 1.50. The molecule has 0 saturated heterocycles. The number of halogens is 4. The van der Waals surface area contributed by atoms with Crippen LogP contribution in [0.2, 0.25) is 0 Å². The molecule has 0 radical (unpaired) electrons. The van der Waals surface area contributed by atoms with Gasteiger partial charge in [-0.15, -0.1) is 11.6 Å². The van der Waals surface area contributed by atoms with Crippen molar-refractivity contribution < 1.29 is 22.7 Å². The fourth-order valence-electron chi connectivity index (χ4n) is 1.42. The molecule has 1 aromatic carbocycles. The van der Waals surface area contributed by atoms with Crippen molar-refractivity contribution in [3.8, 4) is 5.75 Å². The van der Waals surface area contributed by atoms with Crippen LogP contribution in [0.1, 0.15) is 18.5 Å². The van der Waals surface area contributed by atoms with Crippen molar-refractivity contribution in [1.29, 1.82) is 0 Å². The second-order valence-electron chi connectivity index (χ2n) is 3.48. The molecule has 7 heteroatoms. The third kappa shape index (κ3) is 4.10. The molecule has 0 bridgehead atoms. The van der Waals surface area contributed by atoms with Crippen LogP contribution < -0.4 is 10.1 Å². The van der Waals surface area contributed by atoms with Gasteiger partial charge in [-0.2, -0.15) is 8.78 Å². The Morgan fingerprint density at radius 1 is 1.50 bits per heavy atom. The van der Waals surface area contributed by atoms with Crippen molar-refractivity contribution in [1.82, 2.24) is 5.32 Å². The Morgan fingerprint density at radius 3 is 2.72 bits per heavy atom. The third-order valence-electron chi connectivity index (χ3n) is 2.16. The highest BCUT2D eigenvalue weighted by molar-refractivity contribution is 6.27. The molecule has 0 saturated carbocycles. The maximum absolute atomic E-state index is 13.0. The minimum Gasteiger partial charge on any atom is -0.434 e. The molecule has 0 aliphatic rings. The molecule has 3 nitrogen and oxygen atoms in total. The van der Waals surface area contributed by atoms with E-state index in [1.54, 1.807) is 6.92 Å². The summed E-state index contributed by atoms with van der Waals surface area (Å²) in [5.74, 6) is -1.73. The van der Waals surface area contributed by atoms with Crippen LogP contribution >= 0.6 is 11.6 Å². The Bertz CT molecular complexity index is 429. The molecular formula is C11H11ClF3NO2. The van der Waals surface area contributed by atoms with Gasteiger partial charge in [0.1, 0.15) is 17.4 Å². The predicted octanol–water partition coefficient (Wildman–Crippen LogP) is 2.84. The van der Waals surface area contributed by atoms with E-state index in [1.165, 1.54) is 6.07 Å². The summed E-state index contributed by atoms with van der Waals surface area (Å²) in [5.41, 5.74) is 0.246. The lowest BCUT2D eigenvalue weighted by atomic mass is 10.1. The zero-order valence-corrected chi connectivity index (χ0v) is 10.2. The number of alkyl halides is 3. The number of benzene rings is 1. The molecule has 1 amide bonds. The number of rotatable bonds is 5. The monoisotopic (exact) mass is 281 g/mol. The first-order valence-electron chi connectivity index (χ1n) is 5.03. The number of hydrogen-bond donors (Lipinski definition) is 1. The van der Waals surface area contributed by atoms with E-state index in [-0.39, 0.29) is 17.2 Å². The lowest BCUT2D eigenvalue weighted by Crippen LogP contribution is -2.28. The van der Waals surface area contributed by atoms with Gasteiger partial charge in [-0.1, -0.05) is 6.07 Å². The molecule has 0 aliphatic heterocycles. The van der Waals surface area contributed by atoms with Crippen LogP contribution in [0.25, 0.3) is 0 Å². The minimum atomic E-state index is -3.07. The Hall–Kier alpha value is -1.43. The molecule has 0 aliphatic carbocycles. The van der Waals surface area contributed by atoms with E-state index in [0.717, 1.165) is 12.1 Å². The van der Waals surface area contributed by atoms with Crippen molar-refractivity contribution >= 4 is 17.5 Å². The van der Waals surface area contributed by atoms with Crippen LogP contribution in [0, 0.1) is 5.82 Å². The van der Waals surface area contributed by atoms with Gasteiger partial charge < -0.3 is 10.1 Å². The van der Waals surface area contributed by atoms with Crippen LogP contribution in [0.5, 0.6) is 5.75 Å². The normalized spacial score (nSPS) is 12.3. The molecule has 1 rings (SSSR count). The van der Waals surface area contributed by atoms with Crippen LogP contribution in [0.4, 0.5) is 13.2 Å². The molecule has 0 aromatic heterocycles. The van der Waals surface area contributed by atoms with Gasteiger partial charge in [-0.25, -0.2) is 4.39 Å². The van der Waals surface area contributed by atoms with Crippen LogP contribution in [0.15, 0.2) is 18.2 Å². The van der Waals surface area contributed by atoms with E-state index in [1.807, 2.05) is 0 Å². The lowest BCUT2D eigenvalue weighted by Gasteiger charge is -2.17. The van der Waals surface area contributed by atoms with Crippen LogP contribution in [-0.4, -0.2) is 18.4 Å². The van der Waals surface area contributed by atoms with E-state index in [2.05, 4.69) is 10.1 Å². The number of carbonyl (C=O) groups is 1. The fraction of sp³-hybridized carbons (Fsp3) is 0.364. The van der Waals surface area contributed by atoms with E-state index in [9.17, 15) is 18.0 Å². The average molecular weight is 282 g/mol. The maximum atomic E-state index is 13.0. The summed E-state index contributed by atoms with van der Waals surface area (Å²) in [7, 11) is 0. The van der Waals surface area contributed by atoms with Gasteiger partial charge in [0.15, 0.2) is 0 Å². The number of ether oxygens (including phenoxy) is 1.